The minimum atomic E-state index is -0.00700. The molecule has 3 aromatic rings. The molecule has 1 aliphatic rings. The second kappa shape index (κ2) is 7.07. The molecule has 0 bridgehead atoms. The predicted molar refractivity (Wildman–Crippen MR) is 99.6 cm³/mol. The first-order chi connectivity index (χ1) is 12.7. The van der Waals surface area contributed by atoms with E-state index < -0.39 is 0 Å². The van der Waals surface area contributed by atoms with E-state index in [1.54, 1.807) is 6.20 Å². The van der Waals surface area contributed by atoms with E-state index in [2.05, 4.69) is 58.3 Å². The molecule has 6 heteroatoms. The van der Waals surface area contributed by atoms with Gasteiger partial charge in [-0.2, -0.15) is 0 Å². The van der Waals surface area contributed by atoms with Crippen LogP contribution in [0.25, 0.3) is 0 Å². The highest BCUT2D eigenvalue weighted by molar-refractivity contribution is 5.74. The second-order valence-corrected chi connectivity index (χ2v) is 6.71. The van der Waals surface area contributed by atoms with Crippen molar-refractivity contribution in [2.45, 2.75) is 32.6 Å². The van der Waals surface area contributed by atoms with Crippen LogP contribution < -0.4 is 5.32 Å². The van der Waals surface area contributed by atoms with Crippen molar-refractivity contribution in [1.29, 1.82) is 0 Å². The summed E-state index contributed by atoms with van der Waals surface area (Å²) in [5.41, 5.74) is 3.50. The zero-order valence-electron chi connectivity index (χ0n) is 14.9. The van der Waals surface area contributed by atoms with Crippen LogP contribution in [-0.2, 0) is 19.6 Å². The maximum absolute atomic E-state index is 12.6. The highest BCUT2D eigenvalue weighted by Crippen LogP contribution is 2.25. The van der Waals surface area contributed by atoms with Gasteiger partial charge in [-0.25, -0.2) is 9.78 Å². The second-order valence-electron chi connectivity index (χ2n) is 6.71. The number of rotatable bonds is 4. The molecule has 2 amide bonds. The summed E-state index contributed by atoms with van der Waals surface area (Å²) in [6.07, 6.45) is 7.61. The zero-order chi connectivity index (χ0) is 17.9. The molecule has 0 fully saturated rings. The molecule has 2 aromatic heterocycles. The molecule has 4 rings (SSSR count). The molecule has 1 atom stereocenters. The quantitative estimate of drug-likeness (QED) is 0.787. The van der Waals surface area contributed by atoms with Gasteiger partial charge in [0.15, 0.2) is 0 Å². The Morgan fingerprint density at radius 2 is 1.96 bits per heavy atom. The first-order valence-electron chi connectivity index (χ1n) is 8.94. The number of carbonyl (C=O) groups is 1. The highest BCUT2D eigenvalue weighted by atomic mass is 16.2. The van der Waals surface area contributed by atoms with E-state index in [-0.39, 0.29) is 12.1 Å². The summed E-state index contributed by atoms with van der Waals surface area (Å²) in [4.78, 5) is 18.5. The van der Waals surface area contributed by atoms with Gasteiger partial charge in [-0.3, -0.25) is 0 Å². The number of aromatic nitrogens is 3. The number of nitrogens with zero attached hydrogens (tertiary/aromatic N) is 4. The van der Waals surface area contributed by atoms with E-state index in [1.807, 2.05) is 28.1 Å². The fourth-order valence-electron chi connectivity index (χ4n) is 3.49. The van der Waals surface area contributed by atoms with Crippen molar-refractivity contribution in [1.82, 2.24) is 24.3 Å². The Kier molecular flexibility index (Phi) is 4.48. The molecule has 6 nitrogen and oxygen atoms in total. The lowest BCUT2D eigenvalue weighted by atomic mass is 10.1. The van der Waals surface area contributed by atoms with Crippen LogP contribution in [0.1, 0.15) is 29.8 Å². The number of fused-ring (bicyclic) bond motifs is 1. The van der Waals surface area contributed by atoms with Crippen molar-refractivity contribution in [2.24, 2.45) is 0 Å². The number of imidazole rings is 1. The van der Waals surface area contributed by atoms with E-state index in [4.69, 9.17) is 0 Å². The third kappa shape index (κ3) is 3.35. The van der Waals surface area contributed by atoms with Crippen molar-refractivity contribution >= 4 is 6.03 Å². The van der Waals surface area contributed by atoms with E-state index >= 15 is 0 Å². The van der Waals surface area contributed by atoms with Crippen molar-refractivity contribution in [2.75, 3.05) is 6.54 Å². The van der Waals surface area contributed by atoms with Gasteiger partial charge in [0.2, 0.25) is 0 Å². The molecule has 1 aromatic carbocycles. The van der Waals surface area contributed by atoms with Gasteiger partial charge < -0.3 is 19.4 Å². The molecule has 0 saturated heterocycles. The monoisotopic (exact) mass is 349 g/mol. The van der Waals surface area contributed by atoms with Gasteiger partial charge in [-0.15, -0.1) is 0 Å². The number of hydrogen-bond donors (Lipinski definition) is 1. The first-order valence-corrected chi connectivity index (χ1v) is 8.94. The molecular formula is C20H23N5O. The van der Waals surface area contributed by atoms with Crippen LogP contribution >= 0.6 is 0 Å². The summed E-state index contributed by atoms with van der Waals surface area (Å²) in [6, 6.07) is 12.5. The summed E-state index contributed by atoms with van der Waals surface area (Å²) in [5, 5.41) is 3.05. The average Bonchev–Trinajstić information content (AvgIpc) is 3.33. The summed E-state index contributed by atoms with van der Waals surface area (Å²) in [5.74, 6) is 0. The first kappa shape index (κ1) is 16.4. The lowest BCUT2D eigenvalue weighted by Crippen LogP contribution is -2.45. The molecule has 0 aliphatic carbocycles. The van der Waals surface area contributed by atoms with Crippen LogP contribution in [0.5, 0.6) is 0 Å². The molecule has 3 heterocycles. The average molecular weight is 349 g/mol. The number of hydrogen-bond acceptors (Lipinski definition) is 2. The van der Waals surface area contributed by atoms with Crippen molar-refractivity contribution in [3.05, 3.63) is 78.1 Å². The Morgan fingerprint density at radius 3 is 2.73 bits per heavy atom. The van der Waals surface area contributed by atoms with Gasteiger partial charge in [0.05, 0.1) is 12.4 Å². The maximum atomic E-state index is 12.6. The largest absolute Gasteiger partial charge is 0.348 e. The van der Waals surface area contributed by atoms with Gasteiger partial charge in [-0.05, 0) is 30.2 Å². The normalized spacial score (nSPS) is 16.3. The Labute approximate surface area is 153 Å². The molecule has 26 heavy (non-hydrogen) atoms. The topological polar surface area (TPSA) is 55.1 Å². The Morgan fingerprint density at radius 1 is 1.15 bits per heavy atom. The van der Waals surface area contributed by atoms with Gasteiger partial charge in [0, 0.05) is 50.5 Å². The molecule has 0 radical (unpaired) electrons. The SMILES string of the molecule is C[C@@H]1c2cccn2CCN1C(=O)NCc1ccc(Cn2ccnc2)cc1. The molecule has 0 unspecified atom stereocenters. The molecular weight excluding hydrogens is 326 g/mol. The van der Waals surface area contributed by atoms with Gasteiger partial charge in [-0.1, -0.05) is 24.3 Å². The summed E-state index contributed by atoms with van der Waals surface area (Å²) >= 11 is 0. The van der Waals surface area contributed by atoms with E-state index in [9.17, 15) is 4.79 Å². The van der Waals surface area contributed by atoms with Crippen LogP contribution in [0, 0.1) is 0 Å². The minimum Gasteiger partial charge on any atom is -0.348 e. The lowest BCUT2D eigenvalue weighted by molar-refractivity contribution is 0.162. The Balaban J connectivity index is 1.33. The van der Waals surface area contributed by atoms with E-state index in [0.717, 1.165) is 25.2 Å². The smallest absolute Gasteiger partial charge is 0.318 e. The van der Waals surface area contributed by atoms with Crippen LogP contribution in [0.4, 0.5) is 4.79 Å². The van der Waals surface area contributed by atoms with Crippen LogP contribution in [0.15, 0.2) is 61.3 Å². The molecule has 0 spiro atoms. The standard InChI is InChI=1S/C20H23N5O/c1-16-19-3-2-9-24(19)11-12-25(16)20(26)22-13-17-4-6-18(7-5-17)14-23-10-8-21-15-23/h2-10,15-16H,11-14H2,1H3,(H,22,26)/t16-/m1/s1. The fraction of sp³-hybridized carbons (Fsp3) is 0.300. The van der Waals surface area contributed by atoms with Gasteiger partial charge in [0.25, 0.3) is 0 Å². The van der Waals surface area contributed by atoms with Gasteiger partial charge in [0.1, 0.15) is 0 Å². The maximum Gasteiger partial charge on any atom is 0.318 e. The van der Waals surface area contributed by atoms with Crippen LogP contribution in [0.3, 0.4) is 0 Å². The predicted octanol–water partition coefficient (Wildman–Crippen LogP) is 3.02. The van der Waals surface area contributed by atoms with Crippen LogP contribution in [-0.4, -0.2) is 31.6 Å². The van der Waals surface area contributed by atoms with Crippen molar-refractivity contribution in [3.8, 4) is 0 Å². The number of urea groups is 1. The fourth-order valence-corrected chi connectivity index (χ4v) is 3.49. The highest BCUT2D eigenvalue weighted by Gasteiger charge is 2.27. The van der Waals surface area contributed by atoms with Crippen LogP contribution in [0.2, 0.25) is 0 Å². The molecule has 134 valence electrons. The zero-order valence-corrected chi connectivity index (χ0v) is 14.9. The van der Waals surface area contributed by atoms with Crippen molar-refractivity contribution in [3.63, 3.8) is 0 Å². The Hall–Kier alpha value is -3.02. The summed E-state index contributed by atoms with van der Waals surface area (Å²) in [6.45, 7) is 5.00. The number of carbonyl (C=O) groups excluding carboxylic acids is 1. The third-order valence-electron chi connectivity index (χ3n) is 4.99. The van der Waals surface area contributed by atoms with E-state index in [0.29, 0.717) is 6.54 Å². The number of nitrogens with one attached hydrogen (secondary N) is 1. The third-order valence-corrected chi connectivity index (χ3v) is 4.99. The summed E-state index contributed by atoms with van der Waals surface area (Å²) < 4.78 is 4.25. The number of benzene rings is 1. The van der Waals surface area contributed by atoms with E-state index in [1.165, 1.54) is 11.3 Å². The van der Waals surface area contributed by atoms with Crippen molar-refractivity contribution < 1.29 is 4.79 Å². The summed E-state index contributed by atoms with van der Waals surface area (Å²) in [7, 11) is 0. The Bertz CT molecular complexity index is 866. The number of amides is 2. The molecule has 1 aliphatic heterocycles. The lowest BCUT2D eigenvalue weighted by Gasteiger charge is -2.34. The minimum absolute atomic E-state index is 0.00700. The molecule has 0 saturated carbocycles. The molecule has 1 N–H and O–H groups in total. The van der Waals surface area contributed by atoms with Gasteiger partial charge >= 0.3 is 6.03 Å².